The zero-order valence-electron chi connectivity index (χ0n) is 18.8. The maximum atomic E-state index is 12.9. The van der Waals surface area contributed by atoms with Crippen LogP contribution in [0.2, 0.25) is 0 Å². The van der Waals surface area contributed by atoms with Gasteiger partial charge in [-0.15, -0.1) is 0 Å². The SMILES string of the molecule is CCOc1ccc(NC(=S)N(Cc2cc3cc(CC)ccc3[nH]c2=O)C2CCCC2)cc1. The van der Waals surface area contributed by atoms with Gasteiger partial charge in [0.05, 0.1) is 13.2 Å². The van der Waals surface area contributed by atoms with Gasteiger partial charge in [-0.3, -0.25) is 4.79 Å². The van der Waals surface area contributed by atoms with E-state index in [2.05, 4.69) is 34.3 Å². The number of ether oxygens (including phenoxy) is 1. The summed E-state index contributed by atoms with van der Waals surface area (Å²) < 4.78 is 5.53. The highest BCUT2D eigenvalue weighted by atomic mass is 32.1. The van der Waals surface area contributed by atoms with Gasteiger partial charge in [0.25, 0.3) is 5.56 Å². The van der Waals surface area contributed by atoms with Crippen LogP contribution in [0.5, 0.6) is 5.75 Å². The highest BCUT2D eigenvalue weighted by molar-refractivity contribution is 7.80. The molecule has 2 aromatic carbocycles. The molecule has 1 fully saturated rings. The second-order valence-electron chi connectivity index (χ2n) is 8.35. The number of aromatic nitrogens is 1. The van der Waals surface area contributed by atoms with Crippen molar-refractivity contribution in [1.82, 2.24) is 9.88 Å². The molecule has 0 amide bonds. The predicted octanol–water partition coefficient (Wildman–Crippen LogP) is 5.63. The van der Waals surface area contributed by atoms with Gasteiger partial charge in [-0.05, 0) is 91.8 Å². The topological polar surface area (TPSA) is 57.4 Å². The fraction of sp³-hybridized carbons (Fsp3) is 0.385. The van der Waals surface area contributed by atoms with Gasteiger partial charge in [0.2, 0.25) is 0 Å². The summed E-state index contributed by atoms with van der Waals surface area (Å²) in [6, 6.07) is 16.4. The van der Waals surface area contributed by atoms with Gasteiger partial charge >= 0.3 is 0 Å². The number of hydrogen-bond acceptors (Lipinski definition) is 3. The van der Waals surface area contributed by atoms with Crippen LogP contribution in [0.1, 0.15) is 50.7 Å². The molecule has 3 aromatic rings. The van der Waals surface area contributed by atoms with E-state index in [4.69, 9.17) is 17.0 Å². The molecule has 1 aromatic heterocycles. The number of pyridine rings is 1. The lowest BCUT2D eigenvalue weighted by Gasteiger charge is -2.31. The number of benzene rings is 2. The molecule has 32 heavy (non-hydrogen) atoms. The van der Waals surface area contributed by atoms with E-state index in [1.165, 1.54) is 18.4 Å². The lowest BCUT2D eigenvalue weighted by Crippen LogP contribution is -2.42. The largest absolute Gasteiger partial charge is 0.494 e. The molecule has 0 spiro atoms. The number of H-pyrrole nitrogens is 1. The number of anilines is 1. The minimum atomic E-state index is -0.0476. The third-order valence-corrected chi connectivity index (χ3v) is 6.51. The molecule has 0 saturated heterocycles. The zero-order chi connectivity index (χ0) is 22.5. The third-order valence-electron chi connectivity index (χ3n) is 6.18. The van der Waals surface area contributed by atoms with Gasteiger partial charge in [0.15, 0.2) is 5.11 Å². The van der Waals surface area contributed by atoms with Crippen molar-refractivity contribution in [3.8, 4) is 5.75 Å². The molecule has 0 unspecified atom stereocenters. The monoisotopic (exact) mass is 449 g/mol. The summed E-state index contributed by atoms with van der Waals surface area (Å²) in [6.07, 6.45) is 5.55. The number of aromatic amines is 1. The van der Waals surface area contributed by atoms with E-state index in [0.29, 0.717) is 24.3 Å². The second-order valence-corrected chi connectivity index (χ2v) is 8.74. The summed E-state index contributed by atoms with van der Waals surface area (Å²) in [5.74, 6) is 0.839. The maximum absolute atomic E-state index is 12.9. The predicted molar refractivity (Wildman–Crippen MR) is 136 cm³/mol. The van der Waals surface area contributed by atoms with Crippen LogP contribution in [0, 0.1) is 0 Å². The van der Waals surface area contributed by atoms with E-state index in [0.717, 1.165) is 47.2 Å². The van der Waals surface area contributed by atoms with Crippen LogP contribution in [-0.2, 0) is 13.0 Å². The van der Waals surface area contributed by atoms with Gasteiger partial charge in [0.1, 0.15) is 5.75 Å². The Kier molecular flexibility index (Phi) is 7.10. The minimum absolute atomic E-state index is 0.0476. The molecule has 0 aliphatic heterocycles. The van der Waals surface area contributed by atoms with E-state index in [1.54, 1.807) is 0 Å². The van der Waals surface area contributed by atoms with Gasteiger partial charge < -0.3 is 19.9 Å². The Morgan fingerprint density at radius 1 is 1.12 bits per heavy atom. The molecule has 4 rings (SSSR count). The fourth-order valence-electron chi connectivity index (χ4n) is 4.40. The highest BCUT2D eigenvalue weighted by Gasteiger charge is 2.26. The molecule has 168 valence electrons. The summed E-state index contributed by atoms with van der Waals surface area (Å²) in [5.41, 5.74) is 3.75. The van der Waals surface area contributed by atoms with Crippen LogP contribution in [0.3, 0.4) is 0 Å². The number of fused-ring (bicyclic) bond motifs is 1. The first-order valence-electron chi connectivity index (χ1n) is 11.5. The average Bonchev–Trinajstić information content (AvgIpc) is 3.33. The molecule has 6 heteroatoms. The summed E-state index contributed by atoms with van der Waals surface area (Å²) in [4.78, 5) is 18.1. The Morgan fingerprint density at radius 3 is 2.56 bits per heavy atom. The Morgan fingerprint density at radius 2 is 1.88 bits per heavy atom. The molecular weight excluding hydrogens is 418 g/mol. The van der Waals surface area contributed by atoms with Gasteiger partial charge in [0, 0.05) is 22.8 Å². The number of nitrogens with one attached hydrogen (secondary N) is 2. The number of aryl methyl sites for hydroxylation is 1. The number of thiocarbonyl (C=S) groups is 1. The molecular formula is C26H31N3O2S. The third kappa shape index (κ3) is 5.13. The molecule has 1 aliphatic carbocycles. The van der Waals surface area contributed by atoms with Crippen molar-refractivity contribution in [3.63, 3.8) is 0 Å². The van der Waals surface area contributed by atoms with Gasteiger partial charge in [-0.1, -0.05) is 25.8 Å². The first-order chi connectivity index (χ1) is 15.6. The van der Waals surface area contributed by atoms with Crippen molar-refractivity contribution in [2.45, 2.75) is 58.5 Å². The quantitative estimate of drug-likeness (QED) is 0.458. The van der Waals surface area contributed by atoms with Crippen LogP contribution in [0.4, 0.5) is 5.69 Å². The Balaban J connectivity index is 1.58. The fourth-order valence-corrected chi connectivity index (χ4v) is 4.73. The van der Waals surface area contributed by atoms with Crippen LogP contribution in [0.25, 0.3) is 10.9 Å². The summed E-state index contributed by atoms with van der Waals surface area (Å²) in [7, 11) is 0. The Hall–Kier alpha value is -2.86. The van der Waals surface area contributed by atoms with Crippen LogP contribution in [-0.4, -0.2) is 27.6 Å². The van der Waals surface area contributed by atoms with E-state index in [9.17, 15) is 4.79 Å². The van der Waals surface area contributed by atoms with E-state index >= 15 is 0 Å². The molecule has 0 atom stereocenters. The van der Waals surface area contributed by atoms with Gasteiger partial charge in [-0.25, -0.2) is 0 Å². The number of hydrogen-bond donors (Lipinski definition) is 2. The summed E-state index contributed by atoms with van der Waals surface area (Å²) >= 11 is 5.83. The van der Waals surface area contributed by atoms with Crippen molar-refractivity contribution in [2.75, 3.05) is 11.9 Å². The molecule has 1 aliphatic rings. The van der Waals surface area contributed by atoms with Crippen molar-refractivity contribution in [3.05, 3.63) is 70.0 Å². The Bertz CT molecular complexity index is 1130. The molecule has 5 nitrogen and oxygen atoms in total. The lowest BCUT2D eigenvalue weighted by molar-refractivity contribution is 0.311. The first kappa shape index (κ1) is 22.3. The lowest BCUT2D eigenvalue weighted by atomic mass is 10.1. The summed E-state index contributed by atoms with van der Waals surface area (Å²) in [6.45, 7) is 5.24. The smallest absolute Gasteiger partial charge is 0.253 e. The average molecular weight is 450 g/mol. The molecule has 0 radical (unpaired) electrons. The number of nitrogens with zero attached hydrogens (tertiary/aromatic N) is 1. The standard InChI is InChI=1S/C26H31N3O2S/c1-3-18-9-14-24-19(15-18)16-20(25(30)28-24)17-29(22-7-5-6-8-22)26(32)27-21-10-12-23(13-11-21)31-4-2/h9-16,22H,3-8,17H2,1-2H3,(H,27,32)(H,28,30). The van der Waals surface area contributed by atoms with Crippen LogP contribution < -0.4 is 15.6 Å². The second kappa shape index (κ2) is 10.2. The van der Waals surface area contributed by atoms with Crippen molar-refractivity contribution >= 4 is 33.9 Å². The minimum Gasteiger partial charge on any atom is -0.494 e. The normalized spacial score (nSPS) is 13.9. The molecule has 0 bridgehead atoms. The number of rotatable bonds is 7. The molecule has 2 N–H and O–H groups in total. The van der Waals surface area contributed by atoms with Crippen LogP contribution >= 0.6 is 12.2 Å². The van der Waals surface area contributed by atoms with E-state index < -0.39 is 0 Å². The van der Waals surface area contributed by atoms with Gasteiger partial charge in [-0.2, -0.15) is 0 Å². The highest BCUT2D eigenvalue weighted by Crippen LogP contribution is 2.26. The van der Waals surface area contributed by atoms with E-state index in [-0.39, 0.29) is 5.56 Å². The van der Waals surface area contributed by atoms with Crippen molar-refractivity contribution in [2.24, 2.45) is 0 Å². The molecule has 1 saturated carbocycles. The Labute approximate surface area is 194 Å². The maximum Gasteiger partial charge on any atom is 0.253 e. The zero-order valence-corrected chi connectivity index (χ0v) is 19.6. The van der Waals surface area contributed by atoms with Crippen LogP contribution in [0.15, 0.2) is 53.3 Å². The van der Waals surface area contributed by atoms with E-state index in [1.807, 2.05) is 43.3 Å². The molecule has 1 heterocycles. The first-order valence-corrected chi connectivity index (χ1v) is 11.9. The van der Waals surface area contributed by atoms with Crippen molar-refractivity contribution in [1.29, 1.82) is 0 Å². The van der Waals surface area contributed by atoms with Crippen molar-refractivity contribution < 1.29 is 4.74 Å². The summed E-state index contributed by atoms with van der Waals surface area (Å²) in [5, 5.41) is 5.09.